The summed E-state index contributed by atoms with van der Waals surface area (Å²) in [5, 5.41) is 13.3. The largest absolute Gasteiger partial charge is 0.502 e. The van der Waals surface area contributed by atoms with Crippen LogP contribution in [-0.2, 0) is 6.54 Å². The molecule has 1 aromatic rings. The van der Waals surface area contributed by atoms with Crippen molar-refractivity contribution >= 4 is 0 Å². The van der Waals surface area contributed by atoms with Crippen LogP contribution in [0.2, 0.25) is 0 Å². The first-order valence-corrected chi connectivity index (χ1v) is 7.53. The molecule has 0 heterocycles. The molecule has 0 bridgehead atoms. The van der Waals surface area contributed by atoms with Gasteiger partial charge in [0.25, 0.3) is 0 Å². The molecule has 5 nitrogen and oxygen atoms in total. The van der Waals surface area contributed by atoms with E-state index in [-0.39, 0.29) is 5.75 Å². The highest BCUT2D eigenvalue weighted by molar-refractivity contribution is 5.52. The summed E-state index contributed by atoms with van der Waals surface area (Å²) in [4.78, 5) is 2.42. The van der Waals surface area contributed by atoms with Crippen LogP contribution in [0.1, 0.15) is 25.8 Å². The van der Waals surface area contributed by atoms with E-state index >= 15 is 0 Å². The molecule has 1 rings (SSSR count). The van der Waals surface area contributed by atoms with Gasteiger partial charge in [0.2, 0.25) is 5.75 Å². The Hall–Kier alpha value is -1.46. The molecule has 21 heavy (non-hydrogen) atoms. The number of methoxy groups -OCH3 is 2. The van der Waals surface area contributed by atoms with Gasteiger partial charge in [-0.25, -0.2) is 0 Å². The van der Waals surface area contributed by atoms with Gasteiger partial charge >= 0.3 is 0 Å². The van der Waals surface area contributed by atoms with E-state index in [1.807, 2.05) is 12.1 Å². The van der Waals surface area contributed by atoms with Crippen molar-refractivity contribution in [2.75, 3.05) is 40.4 Å². The molecule has 0 spiro atoms. The fourth-order valence-corrected chi connectivity index (χ4v) is 2.26. The molecule has 0 aliphatic carbocycles. The fourth-order valence-electron chi connectivity index (χ4n) is 2.26. The molecule has 0 atom stereocenters. The maximum atomic E-state index is 9.87. The molecule has 0 radical (unpaired) electrons. The summed E-state index contributed by atoms with van der Waals surface area (Å²) >= 11 is 0. The Morgan fingerprint density at radius 3 is 2.19 bits per heavy atom. The van der Waals surface area contributed by atoms with Crippen molar-refractivity contribution in [2.24, 2.45) is 0 Å². The van der Waals surface area contributed by atoms with Crippen LogP contribution in [0, 0.1) is 0 Å². The van der Waals surface area contributed by atoms with Crippen LogP contribution in [0.3, 0.4) is 0 Å². The minimum absolute atomic E-state index is 0.0452. The first-order valence-electron chi connectivity index (χ1n) is 7.53. The first kappa shape index (κ1) is 17.6. The molecule has 5 heteroatoms. The number of ether oxygens (including phenoxy) is 2. The molecule has 0 saturated heterocycles. The molecule has 0 aliphatic rings. The van der Waals surface area contributed by atoms with Crippen LogP contribution >= 0.6 is 0 Å². The van der Waals surface area contributed by atoms with Crippen LogP contribution in [0.15, 0.2) is 12.1 Å². The van der Waals surface area contributed by atoms with Crippen molar-refractivity contribution in [1.29, 1.82) is 0 Å². The molecule has 0 fully saturated rings. The third kappa shape index (κ3) is 5.44. The minimum Gasteiger partial charge on any atom is -0.502 e. The van der Waals surface area contributed by atoms with Crippen molar-refractivity contribution in [2.45, 2.75) is 26.8 Å². The predicted octanol–water partition coefficient (Wildman–Crippen LogP) is 2.23. The number of nitrogens with zero attached hydrogens (tertiary/aromatic N) is 1. The number of nitrogens with one attached hydrogen (secondary N) is 1. The van der Waals surface area contributed by atoms with Gasteiger partial charge in [-0.3, -0.25) is 0 Å². The summed E-state index contributed by atoms with van der Waals surface area (Å²) in [6, 6.07) is 3.66. The zero-order chi connectivity index (χ0) is 15.7. The van der Waals surface area contributed by atoms with Gasteiger partial charge in [0.05, 0.1) is 14.2 Å². The van der Waals surface area contributed by atoms with Crippen molar-refractivity contribution < 1.29 is 14.6 Å². The van der Waals surface area contributed by atoms with Crippen LogP contribution < -0.4 is 14.8 Å². The van der Waals surface area contributed by atoms with E-state index in [2.05, 4.69) is 24.1 Å². The van der Waals surface area contributed by atoms with E-state index in [1.165, 1.54) is 20.6 Å². The molecule has 0 amide bonds. The average Bonchev–Trinajstić information content (AvgIpc) is 2.51. The van der Waals surface area contributed by atoms with E-state index in [0.29, 0.717) is 11.5 Å². The molecule has 0 aromatic heterocycles. The Kier molecular flexibility index (Phi) is 7.93. The van der Waals surface area contributed by atoms with Crippen LogP contribution in [0.5, 0.6) is 17.2 Å². The Morgan fingerprint density at radius 2 is 1.71 bits per heavy atom. The van der Waals surface area contributed by atoms with Gasteiger partial charge in [-0.2, -0.15) is 0 Å². The second-order valence-electron chi connectivity index (χ2n) is 4.96. The second kappa shape index (κ2) is 9.47. The number of benzene rings is 1. The Bertz CT molecular complexity index is 399. The molecule has 1 aromatic carbocycles. The van der Waals surface area contributed by atoms with Gasteiger partial charge in [-0.1, -0.05) is 13.8 Å². The fraction of sp³-hybridized carbons (Fsp3) is 0.625. The van der Waals surface area contributed by atoms with Crippen LogP contribution in [0.25, 0.3) is 0 Å². The number of hydrogen-bond acceptors (Lipinski definition) is 5. The zero-order valence-corrected chi connectivity index (χ0v) is 13.6. The molecular formula is C16H28N2O3. The Morgan fingerprint density at radius 1 is 1.10 bits per heavy atom. The average molecular weight is 296 g/mol. The van der Waals surface area contributed by atoms with Crippen molar-refractivity contribution in [3.63, 3.8) is 0 Å². The SMILES string of the molecule is CCCN(CC)CCNCc1cc(OC)c(O)c(OC)c1. The predicted molar refractivity (Wildman–Crippen MR) is 85.3 cm³/mol. The highest BCUT2D eigenvalue weighted by Gasteiger charge is 2.11. The minimum atomic E-state index is 0.0452. The monoisotopic (exact) mass is 296 g/mol. The Labute approximate surface area is 127 Å². The maximum Gasteiger partial charge on any atom is 0.200 e. The van der Waals surface area contributed by atoms with Crippen molar-refractivity contribution in [3.8, 4) is 17.2 Å². The molecule has 0 saturated carbocycles. The summed E-state index contributed by atoms with van der Waals surface area (Å²) in [5.41, 5.74) is 1.03. The summed E-state index contributed by atoms with van der Waals surface area (Å²) in [7, 11) is 3.07. The molecular weight excluding hydrogens is 268 g/mol. The third-order valence-electron chi connectivity index (χ3n) is 3.46. The lowest BCUT2D eigenvalue weighted by molar-refractivity contribution is 0.287. The maximum absolute atomic E-state index is 9.87. The van der Waals surface area contributed by atoms with Crippen LogP contribution in [-0.4, -0.2) is 50.4 Å². The van der Waals surface area contributed by atoms with Gasteiger partial charge in [0.15, 0.2) is 11.5 Å². The normalized spacial score (nSPS) is 10.9. The highest BCUT2D eigenvalue weighted by atomic mass is 16.5. The smallest absolute Gasteiger partial charge is 0.200 e. The van der Waals surface area contributed by atoms with Gasteiger partial charge in [-0.05, 0) is 37.2 Å². The van der Waals surface area contributed by atoms with E-state index in [4.69, 9.17) is 9.47 Å². The third-order valence-corrected chi connectivity index (χ3v) is 3.46. The standard InChI is InChI=1S/C16H28N2O3/c1-5-8-18(6-2)9-7-17-12-13-10-14(20-3)16(19)15(11-13)21-4/h10-11,17,19H,5-9,12H2,1-4H3. The summed E-state index contributed by atoms with van der Waals surface area (Å²) in [6.07, 6.45) is 1.18. The summed E-state index contributed by atoms with van der Waals surface area (Å²) < 4.78 is 10.3. The van der Waals surface area contributed by atoms with Crippen molar-refractivity contribution in [3.05, 3.63) is 17.7 Å². The number of phenols is 1. The number of rotatable bonds is 10. The number of hydrogen-bond donors (Lipinski definition) is 2. The summed E-state index contributed by atoms with van der Waals surface area (Å²) in [6.45, 7) is 9.29. The number of likely N-dealkylation sites (N-methyl/N-ethyl adjacent to an activating group) is 1. The molecule has 0 unspecified atom stereocenters. The van der Waals surface area contributed by atoms with Crippen molar-refractivity contribution in [1.82, 2.24) is 10.2 Å². The lowest BCUT2D eigenvalue weighted by Gasteiger charge is -2.19. The quantitative estimate of drug-likeness (QED) is 0.649. The lowest BCUT2D eigenvalue weighted by Crippen LogP contribution is -2.32. The van der Waals surface area contributed by atoms with E-state index in [0.717, 1.165) is 38.3 Å². The number of phenolic OH excluding ortho intramolecular Hbond substituents is 1. The zero-order valence-electron chi connectivity index (χ0n) is 13.6. The van der Waals surface area contributed by atoms with E-state index in [9.17, 15) is 5.11 Å². The molecule has 2 N–H and O–H groups in total. The van der Waals surface area contributed by atoms with E-state index in [1.54, 1.807) is 0 Å². The molecule has 0 aliphatic heterocycles. The van der Waals surface area contributed by atoms with Gasteiger partial charge in [0.1, 0.15) is 0 Å². The number of aromatic hydroxyl groups is 1. The topological polar surface area (TPSA) is 54.0 Å². The van der Waals surface area contributed by atoms with Gasteiger partial charge in [0, 0.05) is 19.6 Å². The molecule has 120 valence electrons. The van der Waals surface area contributed by atoms with Gasteiger partial charge < -0.3 is 24.8 Å². The van der Waals surface area contributed by atoms with Gasteiger partial charge in [-0.15, -0.1) is 0 Å². The highest BCUT2D eigenvalue weighted by Crippen LogP contribution is 2.36. The Balaban J connectivity index is 2.52. The second-order valence-corrected chi connectivity index (χ2v) is 4.96. The first-order chi connectivity index (χ1) is 10.2. The van der Waals surface area contributed by atoms with E-state index < -0.39 is 0 Å². The van der Waals surface area contributed by atoms with Crippen LogP contribution in [0.4, 0.5) is 0 Å². The lowest BCUT2D eigenvalue weighted by atomic mass is 10.2. The summed E-state index contributed by atoms with van der Waals surface area (Å²) in [5.74, 6) is 0.920.